The van der Waals surface area contributed by atoms with E-state index in [9.17, 15) is 4.79 Å². The SMILES string of the molecule is Cc1nc(-n2cccc2)sc1C(=O)NCCc1ccco1. The molecule has 3 aromatic heterocycles. The quantitative estimate of drug-likeness (QED) is 0.788. The Labute approximate surface area is 126 Å². The van der Waals surface area contributed by atoms with Crippen LogP contribution in [0.2, 0.25) is 0 Å². The number of hydrogen-bond donors (Lipinski definition) is 1. The topological polar surface area (TPSA) is 60.1 Å². The summed E-state index contributed by atoms with van der Waals surface area (Å²) in [7, 11) is 0. The molecular formula is C15H15N3O2S. The molecule has 108 valence electrons. The second-order valence-electron chi connectivity index (χ2n) is 4.59. The van der Waals surface area contributed by atoms with Crippen molar-refractivity contribution >= 4 is 17.2 Å². The monoisotopic (exact) mass is 301 g/mol. The van der Waals surface area contributed by atoms with Crippen molar-refractivity contribution < 1.29 is 9.21 Å². The van der Waals surface area contributed by atoms with Gasteiger partial charge in [-0.3, -0.25) is 4.79 Å². The Hall–Kier alpha value is -2.34. The lowest BCUT2D eigenvalue weighted by molar-refractivity contribution is 0.0957. The summed E-state index contributed by atoms with van der Waals surface area (Å²) in [4.78, 5) is 17.3. The number of carbonyl (C=O) groups is 1. The van der Waals surface area contributed by atoms with Crippen molar-refractivity contribution in [3.05, 3.63) is 59.3 Å². The Morgan fingerprint density at radius 2 is 2.19 bits per heavy atom. The van der Waals surface area contributed by atoms with Gasteiger partial charge in [0.2, 0.25) is 0 Å². The highest BCUT2D eigenvalue weighted by atomic mass is 32.1. The Balaban J connectivity index is 1.64. The van der Waals surface area contributed by atoms with Gasteiger partial charge >= 0.3 is 0 Å². The second kappa shape index (κ2) is 5.97. The standard InChI is InChI=1S/C15H15N3O2S/c1-11-13(21-15(17-11)18-8-2-3-9-18)14(19)16-7-6-12-5-4-10-20-12/h2-5,8-10H,6-7H2,1H3,(H,16,19). The number of thiazole rings is 1. The molecule has 0 saturated heterocycles. The van der Waals surface area contributed by atoms with E-state index >= 15 is 0 Å². The lowest BCUT2D eigenvalue weighted by Gasteiger charge is -2.02. The maximum Gasteiger partial charge on any atom is 0.263 e. The number of carbonyl (C=O) groups excluding carboxylic acids is 1. The van der Waals surface area contributed by atoms with Crippen LogP contribution in [0.25, 0.3) is 5.13 Å². The van der Waals surface area contributed by atoms with Gasteiger partial charge in [-0.05, 0) is 31.2 Å². The molecule has 0 aliphatic heterocycles. The first-order valence-electron chi connectivity index (χ1n) is 6.65. The molecule has 6 heteroatoms. The number of amides is 1. The Morgan fingerprint density at radius 1 is 1.38 bits per heavy atom. The molecule has 0 aliphatic rings. The molecule has 3 heterocycles. The highest BCUT2D eigenvalue weighted by Gasteiger charge is 2.15. The zero-order chi connectivity index (χ0) is 14.7. The van der Waals surface area contributed by atoms with Crippen LogP contribution in [-0.2, 0) is 6.42 Å². The van der Waals surface area contributed by atoms with E-state index in [4.69, 9.17) is 4.42 Å². The van der Waals surface area contributed by atoms with Crippen LogP contribution in [0.1, 0.15) is 21.1 Å². The fraction of sp³-hybridized carbons (Fsp3) is 0.200. The van der Waals surface area contributed by atoms with Crippen LogP contribution in [-0.4, -0.2) is 22.0 Å². The number of nitrogens with one attached hydrogen (secondary N) is 1. The fourth-order valence-electron chi connectivity index (χ4n) is 2.00. The van der Waals surface area contributed by atoms with E-state index in [0.717, 1.165) is 16.6 Å². The lowest BCUT2D eigenvalue weighted by Crippen LogP contribution is -2.25. The summed E-state index contributed by atoms with van der Waals surface area (Å²) in [6.45, 7) is 2.40. The summed E-state index contributed by atoms with van der Waals surface area (Å²) in [5.41, 5.74) is 0.749. The molecule has 3 rings (SSSR count). The van der Waals surface area contributed by atoms with Crippen LogP contribution in [0.5, 0.6) is 0 Å². The van der Waals surface area contributed by atoms with E-state index in [1.54, 1.807) is 6.26 Å². The van der Waals surface area contributed by atoms with Crippen LogP contribution in [0.3, 0.4) is 0 Å². The first-order valence-corrected chi connectivity index (χ1v) is 7.47. The highest BCUT2D eigenvalue weighted by molar-refractivity contribution is 7.16. The van der Waals surface area contributed by atoms with Crippen molar-refractivity contribution in [1.82, 2.24) is 14.9 Å². The third kappa shape index (κ3) is 3.05. The predicted octanol–water partition coefficient (Wildman–Crippen LogP) is 2.81. The molecule has 0 atom stereocenters. The largest absolute Gasteiger partial charge is 0.469 e. The number of rotatable bonds is 5. The summed E-state index contributed by atoms with van der Waals surface area (Å²) in [5, 5.41) is 3.70. The minimum atomic E-state index is -0.0880. The number of aromatic nitrogens is 2. The average molecular weight is 301 g/mol. The van der Waals surface area contributed by atoms with Gasteiger partial charge in [0.25, 0.3) is 5.91 Å². The van der Waals surface area contributed by atoms with Crippen molar-refractivity contribution in [2.75, 3.05) is 6.54 Å². The molecule has 0 spiro atoms. The van der Waals surface area contributed by atoms with E-state index in [-0.39, 0.29) is 5.91 Å². The van der Waals surface area contributed by atoms with Gasteiger partial charge in [0, 0.05) is 25.4 Å². The summed E-state index contributed by atoms with van der Waals surface area (Å²) in [6.07, 6.45) is 6.14. The normalized spacial score (nSPS) is 10.7. The Kier molecular flexibility index (Phi) is 3.87. The molecule has 3 aromatic rings. The van der Waals surface area contributed by atoms with Gasteiger partial charge in [0.05, 0.1) is 12.0 Å². The number of hydrogen-bond acceptors (Lipinski definition) is 4. The van der Waals surface area contributed by atoms with E-state index in [0.29, 0.717) is 17.8 Å². The van der Waals surface area contributed by atoms with Gasteiger partial charge in [0.15, 0.2) is 5.13 Å². The summed E-state index contributed by atoms with van der Waals surface area (Å²) in [5.74, 6) is 0.777. The molecule has 0 fully saturated rings. The average Bonchev–Trinajstić information content (AvgIpc) is 3.19. The molecule has 0 saturated carbocycles. The Morgan fingerprint density at radius 3 is 2.90 bits per heavy atom. The van der Waals surface area contributed by atoms with Gasteiger partial charge in [-0.1, -0.05) is 11.3 Å². The summed E-state index contributed by atoms with van der Waals surface area (Å²) < 4.78 is 7.13. The number of aryl methyl sites for hydroxylation is 1. The molecule has 0 bridgehead atoms. The van der Waals surface area contributed by atoms with E-state index in [1.807, 2.05) is 48.1 Å². The van der Waals surface area contributed by atoms with Gasteiger partial charge in [-0.25, -0.2) is 4.98 Å². The van der Waals surface area contributed by atoms with Crippen molar-refractivity contribution in [3.63, 3.8) is 0 Å². The Bertz CT molecular complexity index is 714. The van der Waals surface area contributed by atoms with Crippen molar-refractivity contribution in [2.24, 2.45) is 0 Å². The molecule has 1 N–H and O–H groups in total. The minimum Gasteiger partial charge on any atom is -0.469 e. The van der Waals surface area contributed by atoms with Crippen molar-refractivity contribution in [2.45, 2.75) is 13.3 Å². The zero-order valence-corrected chi connectivity index (χ0v) is 12.4. The minimum absolute atomic E-state index is 0.0880. The number of nitrogens with zero attached hydrogens (tertiary/aromatic N) is 2. The maximum absolute atomic E-state index is 12.2. The third-order valence-electron chi connectivity index (χ3n) is 3.05. The summed E-state index contributed by atoms with van der Waals surface area (Å²) in [6, 6.07) is 7.60. The zero-order valence-electron chi connectivity index (χ0n) is 11.6. The van der Waals surface area contributed by atoms with Gasteiger partial charge < -0.3 is 14.3 Å². The van der Waals surface area contributed by atoms with E-state index < -0.39 is 0 Å². The molecule has 0 aromatic carbocycles. The molecule has 1 amide bonds. The van der Waals surface area contributed by atoms with Crippen molar-refractivity contribution in [3.8, 4) is 5.13 Å². The molecule has 21 heavy (non-hydrogen) atoms. The molecule has 5 nitrogen and oxygen atoms in total. The smallest absolute Gasteiger partial charge is 0.263 e. The first-order chi connectivity index (χ1) is 10.2. The maximum atomic E-state index is 12.2. The molecule has 0 radical (unpaired) electrons. The summed E-state index contributed by atoms with van der Waals surface area (Å²) >= 11 is 1.39. The lowest BCUT2D eigenvalue weighted by atomic mass is 10.3. The predicted molar refractivity (Wildman–Crippen MR) is 80.9 cm³/mol. The fourth-order valence-corrected chi connectivity index (χ4v) is 2.95. The van der Waals surface area contributed by atoms with Crippen molar-refractivity contribution in [1.29, 1.82) is 0 Å². The van der Waals surface area contributed by atoms with Gasteiger partial charge in [-0.2, -0.15) is 0 Å². The van der Waals surface area contributed by atoms with Crippen LogP contribution in [0.4, 0.5) is 0 Å². The molecular weight excluding hydrogens is 286 g/mol. The van der Waals surface area contributed by atoms with Crippen LogP contribution < -0.4 is 5.32 Å². The van der Waals surface area contributed by atoms with E-state index in [2.05, 4.69) is 10.3 Å². The van der Waals surface area contributed by atoms with E-state index in [1.165, 1.54) is 11.3 Å². The second-order valence-corrected chi connectivity index (χ2v) is 5.56. The number of furan rings is 1. The first kappa shape index (κ1) is 13.6. The van der Waals surface area contributed by atoms with Crippen LogP contribution in [0, 0.1) is 6.92 Å². The molecule has 0 unspecified atom stereocenters. The van der Waals surface area contributed by atoms with Crippen LogP contribution in [0.15, 0.2) is 47.3 Å². The van der Waals surface area contributed by atoms with Gasteiger partial charge in [-0.15, -0.1) is 0 Å². The van der Waals surface area contributed by atoms with Gasteiger partial charge in [0.1, 0.15) is 10.6 Å². The third-order valence-corrected chi connectivity index (χ3v) is 4.22. The highest BCUT2D eigenvalue weighted by Crippen LogP contribution is 2.21. The van der Waals surface area contributed by atoms with Crippen LogP contribution >= 0.6 is 11.3 Å². The molecule has 0 aliphatic carbocycles.